The molecule has 0 spiro atoms. The molecule has 0 fully saturated rings. The Hall–Kier alpha value is -1.01. The highest BCUT2D eigenvalue weighted by Crippen LogP contribution is 2.38. The Kier molecular flexibility index (Phi) is 18.6. The Morgan fingerprint density at radius 2 is 1.58 bits per heavy atom. The molecule has 2 amide bonds. The van der Waals surface area contributed by atoms with Crippen LogP contribution in [0.3, 0.4) is 0 Å². The van der Waals surface area contributed by atoms with Gasteiger partial charge in [0.15, 0.2) is 5.12 Å². The van der Waals surface area contributed by atoms with Crippen LogP contribution in [0.4, 0.5) is 0 Å². The second-order valence-electron chi connectivity index (χ2n) is 9.52. The summed E-state index contributed by atoms with van der Waals surface area (Å²) in [5, 5.41) is 25.1. The van der Waals surface area contributed by atoms with E-state index in [1.807, 2.05) is 0 Å². The summed E-state index contributed by atoms with van der Waals surface area (Å²) < 4.78 is 15.2. The first kappa shape index (κ1) is 35.0. The lowest BCUT2D eigenvalue weighted by atomic mass is 9.87. The summed E-state index contributed by atoms with van der Waals surface area (Å²) in [4.78, 5) is 53.4. The molecule has 212 valence electrons. The monoisotopic (exact) mass is 556 g/mol. The number of nitrogens with one attached hydrogen (secondary N) is 2. The van der Waals surface area contributed by atoms with E-state index in [2.05, 4.69) is 22.1 Å². The molecular formula is C23H45N2O9PS. The number of rotatable bonds is 21. The van der Waals surface area contributed by atoms with E-state index < -0.39 is 31.9 Å². The minimum absolute atomic E-state index is 0.0270. The second-order valence-corrected chi connectivity index (χ2v) is 11.9. The van der Waals surface area contributed by atoms with Gasteiger partial charge in [-0.25, -0.2) is 4.57 Å². The maximum atomic E-state index is 12.0. The first-order chi connectivity index (χ1) is 16.8. The van der Waals surface area contributed by atoms with Crippen molar-refractivity contribution in [3.05, 3.63) is 0 Å². The van der Waals surface area contributed by atoms with Crippen LogP contribution in [0.5, 0.6) is 0 Å². The fourth-order valence-corrected chi connectivity index (χ4v) is 4.42. The minimum Gasteiger partial charge on any atom is -0.393 e. The van der Waals surface area contributed by atoms with Gasteiger partial charge in [0, 0.05) is 37.1 Å². The van der Waals surface area contributed by atoms with E-state index >= 15 is 0 Å². The van der Waals surface area contributed by atoms with Gasteiger partial charge in [-0.2, -0.15) is 0 Å². The number of hydrogen-bond donors (Lipinski definition) is 6. The van der Waals surface area contributed by atoms with Crippen LogP contribution in [-0.2, 0) is 23.5 Å². The van der Waals surface area contributed by atoms with E-state index in [-0.39, 0.29) is 30.1 Å². The molecule has 0 aromatic carbocycles. The normalized spacial score (nSPS) is 13.8. The predicted octanol–water partition coefficient (Wildman–Crippen LogP) is 2.26. The Balaban J connectivity index is 3.86. The van der Waals surface area contributed by atoms with Crippen LogP contribution >= 0.6 is 19.6 Å². The van der Waals surface area contributed by atoms with E-state index in [0.717, 1.165) is 63.1 Å². The van der Waals surface area contributed by atoms with Crippen molar-refractivity contribution in [2.45, 2.75) is 97.2 Å². The van der Waals surface area contributed by atoms with Gasteiger partial charge in [-0.3, -0.25) is 18.9 Å². The van der Waals surface area contributed by atoms with Gasteiger partial charge in [-0.05, 0) is 19.3 Å². The number of unbranched alkanes of at least 4 members (excludes halogenated alkanes) is 4. The SMILES string of the molecule is CCCCC[C@@H](O)CCCCCC(=O)SCCNC(=O)CCNC(=O)[C@H](O)C(C)(C)COP(=O)(O)O. The Bertz CT molecular complexity index is 703. The molecule has 0 aliphatic heterocycles. The number of aliphatic hydroxyl groups excluding tert-OH is 2. The fraction of sp³-hybridized carbons (Fsp3) is 0.870. The zero-order chi connectivity index (χ0) is 27.6. The average Bonchev–Trinajstić information content (AvgIpc) is 2.79. The molecule has 11 nitrogen and oxygen atoms in total. The van der Waals surface area contributed by atoms with Crippen LogP contribution in [0, 0.1) is 5.41 Å². The van der Waals surface area contributed by atoms with Crippen LogP contribution in [0.2, 0.25) is 0 Å². The minimum atomic E-state index is -4.73. The smallest absolute Gasteiger partial charge is 0.393 e. The van der Waals surface area contributed by atoms with Crippen LogP contribution < -0.4 is 10.6 Å². The van der Waals surface area contributed by atoms with Gasteiger partial charge < -0.3 is 30.6 Å². The van der Waals surface area contributed by atoms with Gasteiger partial charge in [0.05, 0.1) is 12.7 Å². The largest absolute Gasteiger partial charge is 0.469 e. The summed E-state index contributed by atoms with van der Waals surface area (Å²) >= 11 is 1.16. The third kappa shape index (κ3) is 19.1. The molecule has 0 rings (SSSR count). The number of carbonyl (C=O) groups excluding carboxylic acids is 3. The second kappa shape index (κ2) is 19.1. The molecule has 0 saturated carbocycles. The molecule has 13 heteroatoms. The van der Waals surface area contributed by atoms with E-state index in [4.69, 9.17) is 9.79 Å². The molecule has 2 atom stereocenters. The molecule has 0 bridgehead atoms. The zero-order valence-corrected chi connectivity index (χ0v) is 23.5. The number of aliphatic hydroxyl groups is 2. The van der Waals surface area contributed by atoms with E-state index in [0.29, 0.717) is 18.7 Å². The highest BCUT2D eigenvalue weighted by atomic mass is 32.2. The van der Waals surface area contributed by atoms with Crippen LogP contribution in [0.25, 0.3) is 0 Å². The van der Waals surface area contributed by atoms with Gasteiger partial charge in [0.2, 0.25) is 11.8 Å². The number of thioether (sulfide) groups is 1. The van der Waals surface area contributed by atoms with Crippen LogP contribution in [0.1, 0.15) is 85.0 Å². The van der Waals surface area contributed by atoms with Crippen molar-refractivity contribution in [1.82, 2.24) is 10.6 Å². The van der Waals surface area contributed by atoms with Gasteiger partial charge in [-0.15, -0.1) is 0 Å². The highest BCUT2D eigenvalue weighted by molar-refractivity contribution is 8.13. The first-order valence-electron chi connectivity index (χ1n) is 12.5. The Morgan fingerprint density at radius 1 is 0.944 bits per heavy atom. The summed E-state index contributed by atoms with van der Waals surface area (Å²) in [6, 6.07) is 0. The third-order valence-electron chi connectivity index (χ3n) is 5.49. The summed E-state index contributed by atoms with van der Waals surface area (Å²) in [5.74, 6) is -0.659. The molecule has 0 saturated heterocycles. The van der Waals surface area contributed by atoms with E-state index in [9.17, 15) is 29.2 Å². The molecule has 0 aromatic heterocycles. The zero-order valence-electron chi connectivity index (χ0n) is 21.7. The lowest BCUT2D eigenvalue weighted by molar-refractivity contribution is -0.137. The number of amides is 2. The Morgan fingerprint density at radius 3 is 2.19 bits per heavy atom. The molecule has 0 aromatic rings. The number of hydrogen-bond acceptors (Lipinski definition) is 8. The maximum absolute atomic E-state index is 12.0. The maximum Gasteiger partial charge on any atom is 0.469 e. The van der Waals surface area contributed by atoms with Gasteiger partial charge in [0.1, 0.15) is 6.10 Å². The summed E-state index contributed by atoms with van der Waals surface area (Å²) in [7, 11) is -4.73. The van der Waals surface area contributed by atoms with Crippen molar-refractivity contribution in [1.29, 1.82) is 0 Å². The molecular weight excluding hydrogens is 511 g/mol. The molecule has 0 aliphatic carbocycles. The average molecular weight is 557 g/mol. The lowest BCUT2D eigenvalue weighted by Crippen LogP contribution is -2.46. The summed E-state index contributed by atoms with van der Waals surface area (Å²) in [5.41, 5.74) is -1.26. The topological polar surface area (TPSA) is 182 Å². The molecule has 6 N–H and O–H groups in total. The quantitative estimate of drug-likeness (QED) is 0.0906. The third-order valence-corrected chi connectivity index (χ3v) is 6.89. The van der Waals surface area contributed by atoms with Gasteiger partial charge in [0.25, 0.3) is 0 Å². The van der Waals surface area contributed by atoms with Gasteiger partial charge >= 0.3 is 7.82 Å². The number of phosphoric ester groups is 1. The predicted molar refractivity (Wildman–Crippen MR) is 139 cm³/mol. The first-order valence-corrected chi connectivity index (χ1v) is 15.1. The number of phosphoric acid groups is 1. The molecule has 0 aliphatic rings. The lowest BCUT2D eigenvalue weighted by Gasteiger charge is -2.29. The molecule has 0 unspecified atom stereocenters. The fourth-order valence-electron chi connectivity index (χ4n) is 3.20. The summed E-state index contributed by atoms with van der Waals surface area (Å²) in [6.45, 7) is 4.70. The van der Waals surface area contributed by atoms with Crippen molar-refractivity contribution < 1.29 is 43.5 Å². The molecule has 36 heavy (non-hydrogen) atoms. The standard InChI is InChI=1S/C23H45N2O9PS/c1-4-5-7-10-18(26)11-8-6-9-12-20(28)36-16-15-24-19(27)13-14-25-22(30)21(29)23(2,3)17-34-35(31,32)33/h18,21,26,29H,4-17H2,1-3H3,(H,24,27)(H,25,30)(H2,31,32,33)/t18-,21+/m1/s1. The van der Waals surface area contributed by atoms with Crippen molar-refractivity contribution in [2.24, 2.45) is 5.41 Å². The molecule has 0 heterocycles. The van der Waals surface area contributed by atoms with Crippen LogP contribution in [0.15, 0.2) is 0 Å². The van der Waals surface area contributed by atoms with E-state index in [1.54, 1.807) is 0 Å². The van der Waals surface area contributed by atoms with Crippen LogP contribution in [-0.4, -0.2) is 74.6 Å². The van der Waals surface area contributed by atoms with Gasteiger partial charge in [-0.1, -0.05) is 64.6 Å². The van der Waals surface area contributed by atoms with Crippen molar-refractivity contribution >= 4 is 36.5 Å². The summed E-state index contributed by atoms with van der Waals surface area (Å²) in [6.07, 6.45) is 6.16. The number of carbonyl (C=O) groups is 3. The van der Waals surface area contributed by atoms with Crippen molar-refractivity contribution in [3.63, 3.8) is 0 Å². The highest BCUT2D eigenvalue weighted by Gasteiger charge is 2.35. The van der Waals surface area contributed by atoms with E-state index in [1.165, 1.54) is 13.8 Å². The van der Waals surface area contributed by atoms with Crippen molar-refractivity contribution in [2.75, 3.05) is 25.4 Å². The molecule has 0 radical (unpaired) electrons. The van der Waals surface area contributed by atoms with Crippen molar-refractivity contribution in [3.8, 4) is 0 Å². The Labute approximate surface area is 218 Å².